The minimum absolute atomic E-state index is 0.0790. The lowest BCUT2D eigenvalue weighted by atomic mass is 10.1. The van der Waals surface area contributed by atoms with E-state index in [2.05, 4.69) is 15.7 Å². The highest BCUT2D eigenvalue weighted by Crippen LogP contribution is 2.28. The normalized spacial score (nSPS) is 11.2. The number of likely N-dealkylation sites (N-methyl/N-ethyl adjacent to an activating group) is 1. The first-order chi connectivity index (χ1) is 12.1. The smallest absolute Gasteiger partial charge is 0.268 e. The molecule has 0 unspecified atom stereocenters. The number of benzene rings is 1. The van der Waals surface area contributed by atoms with Crippen LogP contribution < -0.4 is 15.4 Å². The van der Waals surface area contributed by atoms with Crippen molar-refractivity contribution < 1.29 is 14.3 Å². The van der Waals surface area contributed by atoms with Gasteiger partial charge in [-0.25, -0.2) is 0 Å². The maximum atomic E-state index is 12.6. The van der Waals surface area contributed by atoms with E-state index in [9.17, 15) is 9.59 Å². The van der Waals surface area contributed by atoms with E-state index in [0.717, 1.165) is 11.1 Å². The maximum Gasteiger partial charge on any atom is 0.268 e. The maximum absolute atomic E-state index is 12.6. The molecule has 1 aromatic carbocycles. The van der Waals surface area contributed by atoms with E-state index in [0.29, 0.717) is 16.5 Å². The summed E-state index contributed by atoms with van der Waals surface area (Å²) < 4.78 is 7.32. The SMILES string of the molecule is CNC(=O)Cn1cc(NC(=O)C(C)(C)Oc2cc(C)c(Cl)c(C)c2)cn1. The number of carbonyl (C=O) groups excluding carboxylic acids is 2. The molecule has 1 aromatic heterocycles. The van der Waals surface area contributed by atoms with Crippen LogP contribution in [0.15, 0.2) is 24.5 Å². The zero-order valence-electron chi connectivity index (χ0n) is 15.5. The lowest BCUT2D eigenvalue weighted by Gasteiger charge is -2.25. The van der Waals surface area contributed by atoms with Gasteiger partial charge in [0, 0.05) is 18.3 Å². The van der Waals surface area contributed by atoms with Crippen LogP contribution in [0.1, 0.15) is 25.0 Å². The molecule has 0 spiro atoms. The van der Waals surface area contributed by atoms with Crippen LogP contribution >= 0.6 is 11.6 Å². The summed E-state index contributed by atoms with van der Waals surface area (Å²) in [4.78, 5) is 23.9. The van der Waals surface area contributed by atoms with Crippen LogP contribution in [0, 0.1) is 13.8 Å². The average molecular weight is 379 g/mol. The monoisotopic (exact) mass is 378 g/mol. The van der Waals surface area contributed by atoms with Gasteiger partial charge in [0.05, 0.1) is 11.9 Å². The summed E-state index contributed by atoms with van der Waals surface area (Å²) in [6.45, 7) is 7.20. The second-order valence-electron chi connectivity index (χ2n) is 6.54. The first-order valence-corrected chi connectivity index (χ1v) is 8.50. The summed E-state index contributed by atoms with van der Waals surface area (Å²) in [5, 5.41) is 9.99. The van der Waals surface area contributed by atoms with E-state index in [4.69, 9.17) is 16.3 Å². The summed E-state index contributed by atoms with van der Waals surface area (Å²) in [6.07, 6.45) is 3.06. The Morgan fingerprint density at radius 1 is 1.27 bits per heavy atom. The minimum atomic E-state index is -1.12. The number of halogens is 1. The molecule has 7 nitrogen and oxygen atoms in total. The Labute approximate surface area is 157 Å². The van der Waals surface area contributed by atoms with Gasteiger partial charge in [0.2, 0.25) is 5.91 Å². The predicted molar refractivity (Wildman–Crippen MR) is 101 cm³/mol. The largest absolute Gasteiger partial charge is 0.478 e. The highest BCUT2D eigenvalue weighted by Gasteiger charge is 2.30. The lowest BCUT2D eigenvalue weighted by molar-refractivity contribution is -0.128. The van der Waals surface area contributed by atoms with E-state index in [1.165, 1.54) is 10.9 Å². The number of ether oxygens (including phenoxy) is 1. The van der Waals surface area contributed by atoms with Gasteiger partial charge in [0.1, 0.15) is 12.3 Å². The van der Waals surface area contributed by atoms with Crippen molar-refractivity contribution in [1.29, 1.82) is 0 Å². The Balaban J connectivity index is 2.07. The Bertz CT molecular complexity index is 807. The molecule has 0 fully saturated rings. The number of nitrogens with one attached hydrogen (secondary N) is 2. The molecule has 0 bridgehead atoms. The molecular weight excluding hydrogens is 356 g/mol. The summed E-state index contributed by atoms with van der Waals surface area (Å²) in [5.74, 6) is 0.0604. The van der Waals surface area contributed by atoms with Crippen LogP contribution in [0.2, 0.25) is 5.02 Å². The van der Waals surface area contributed by atoms with E-state index >= 15 is 0 Å². The number of carbonyl (C=O) groups is 2. The summed E-state index contributed by atoms with van der Waals surface area (Å²) in [6, 6.07) is 3.59. The summed E-state index contributed by atoms with van der Waals surface area (Å²) in [7, 11) is 1.55. The van der Waals surface area contributed by atoms with Crippen LogP contribution in [-0.2, 0) is 16.1 Å². The van der Waals surface area contributed by atoms with Gasteiger partial charge in [-0.05, 0) is 51.0 Å². The van der Waals surface area contributed by atoms with Crippen molar-refractivity contribution in [1.82, 2.24) is 15.1 Å². The zero-order chi connectivity index (χ0) is 19.5. The number of amides is 2. The zero-order valence-corrected chi connectivity index (χ0v) is 16.3. The van der Waals surface area contributed by atoms with Crippen LogP contribution in [0.5, 0.6) is 5.75 Å². The molecule has 2 amide bonds. The fourth-order valence-electron chi connectivity index (χ4n) is 2.33. The molecule has 2 aromatic rings. The first-order valence-electron chi connectivity index (χ1n) is 8.12. The van der Waals surface area contributed by atoms with Crippen molar-refractivity contribution in [2.75, 3.05) is 12.4 Å². The third-order valence-electron chi connectivity index (χ3n) is 3.81. The van der Waals surface area contributed by atoms with Crippen molar-refractivity contribution in [2.45, 2.75) is 39.8 Å². The molecule has 1 heterocycles. The number of hydrogen-bond acceptors (Lipinski definition) is 4. The summed E-state index contributed by atoms with van der Waals surface area (Å²) >= 11 is 6.17. The van der Waals surface area contributed by atoms with E-state index in [1.54, 1.807) is 39.2 Å². The van der Waals surface area contributed by atoms with Crippen molar-refractivity contribution >= 4 is 29.1 Å². The van der Waals surface area contributed by atoms with Gasteiger partial charge >= 0.3 is 0 Å². The van der Waals surface area contributed by atoms with Gasteiger partial charge in [-0.1, -0.05) is 11.6 Å². The Hall–Kier alpha value is -2.54. The minimum Gasteiger partial charge on any atom is -0.478 e. The lowest BCUT2D eigenvalue weighted by Crippen LogP contribution is -2.42. The van der Waals surface area contributed by atoms with Crippen LogP contribution in [0.25, 0.3) is 0 Å². The molecule has 0 aliphatic carbocycles. The van der Waals surface area contributed by atoms with Gasteiger partial charge in [-0.2, -0.15) is 5.10 Å². The van der Waals surface area contributed by atoms with E-state index < -0.39 is 5.60 Å². The molecule has 26 heavy (non-hydrogen) atoms. The molecule has 0 saturated heterocycles. The second kappa shape index (κ2) is 7.78. The topological polar surface area (TPSA) is 85.2 Å². The van der Waals surface area contributed by atoms with Gasteiger partial charge < -0.3 is 15.4 Å². The third kappa shape index (κ3) is 4.76. The fraction of sp³-hybridized carbons (Fsp3) is 0.389. The van der Waals surface area contributed by atoms with Crippen LogP contribution in [0.4, 0.5) is 5.69 Å². The molecule has 2 N–H and O–H groups in total. The predicted octanol–water partition coefficient (Wildman–Crippen LogP) is 2.70. The number of nitrogens with zero attached hydrogens (tertiary/aromatic N) is 2. The first kappa shape index (κ1) is 19.8. The molecule has 0 radical (unpaired) electrons. The highest BCUT2D eigenvalue weighted by molar-refractivity contribution is 6.32. The highest BCUT2D eigenvalue weighted by atomic mass is 35.5. The molecule has 2 rings (SSSR count). The Morgan fingerprint density at radius 3 is 2.46 bits per heavy atom. The van der Waals surface area contributed by atoms with Crippen LogP contribution in [0.3, 0.4) is 0 Å². The molecular formula is C18H23ClN4O3. The van der Waals surface area contributed by atoms with Crippen molar-refractivity contribution in [3.05, 3.63) is 40.7 Å². The van der Waals surface area contributed by atoms with Crippen molar-refractivity contribution in [2.24, 2.45) is 0 Å². The molecule has 8 heteroatoms. The third-order valence-corrected chi connectivity index (χ3v) is 4.40. The quantitative estimate of drug-likeness (QED) is 0.809. The van der Waals surface area contributed by atoms with Crippen LogP contribution in [-0.4, -0.2) is 34.2 Å². The Kier molecular flexibility index (Phi) is 5.92. The van der Waals surface area contributed by atoms with Gasteiger partial charge in [0.15, 0.2) is 5.60 Å². The number of aromatic nitrogens is 2. The number of anilines is 1. The van der Waals surface area contributed by atoms with Crippen molar-refractivity contribution in [3.8, 4) is 5.75 Å². The average Bonchev–Trinajstić information content (AvgIpc) is 2.98. The molecule has 0 saturated carbocycles. The number of hydrogen-bond donors (Lipinski definition) is 2. The standard InChI is InChI=1S/C18H23ClN4O3/c1-11-6-14(7-12(2)16(11)19)26-18(3,4)17(25)22-13-8-21-23(9-13)10-15(24)20-5/h6-9H,10H2,1-5H3,(H,20,24)(H,22,25). The molecule has 0 atom stereocenters. The van der Waals surface area contributed by atoms with E-state index in [1.807, 2.05) is 13.8 Å². The molecule has 140 valence electrons. The van der Waals surface area contributed by atoms with Gasteiger partial charge in [0.25, 0.3) is 5.91 Å². The Morgan fingerprint density at radius 2 is 1.88 bits per heavy atom. The summed E-state index contributed by atoms with van der Waals surface area (Å²) in [5.41, 5.74) is 1.14. The molecule has 0 aliphatic rings. The van der Waals surface area contributed by atoms with E-state index in [-0.39, 0.29) is 18.4 Å². The molecule has 0 aliphatic heterocycles. The van der Waals surface area contributed by atoms with Gasteiger partial charge in [-0.3, -0.25) is 14.3 Å². The number of rotatable bonds is 6. The second-order valence-corrected chi connectivity index (χ2v) is 6.92. The number of aryl methyl sites for hydroxylation is 2. The van der Waals surface area contributed by atoms with Crippen molar-refractivity contribution in [3.63, 3.8) is 0 Å². The van der Waals surface area contributed by atoms with Gasteiger partial charge in [-0.15, -0.1) is 0 Å². The fourth-order valence-corrected chi connectivity index (χ4v) is 2.44.